The lowest BCUT2D eigenvalue weighted by Crippen LogP contribution is -2.35. The average molecular weight is 326 g/mol. The Labute approximate surface area is 135 Å². The lowest BCUT2D eigenvalue weighted by atomic mass is 9.79. The molecule has 23 heavy (non-hydrogen) atoms. The smallest absolute Gasteiger partial charge is 0.422 e. The maximum Gasteiger partial charge on any atom is 0.507 e. The third-order valence-electron chi connectivity index (χ3n) is 3.59. The van der Waals surface area contributed by atoms with Gasteiger partial charge < -0.3 is 5.02 Å². The Morgan fingerprint density at radius 3 is 2.26 bits per heavy atom. The van der Waals surface area contributed by atoms with E-state index in [2.05, 4.69) is 0 Å². The zero-order valence-electron chi connectivity index (χ0n) is 12.5. The lowest BCUT2D eigenvalue weighted by Gasteiger charge is -2.10. The fourth-order valence-corrected chi connectivity index (χ4v) is 3.23. The van der Waals surface area contributed by atoms with Crippen LogP contribution in [0.5, 0.6) is 0 Å². The Kier molecular flexibility index (Phi) is 4.21. The zero-order chi connectivity index (χ0) is 16.4. The first kappa shape index (κ1) is 15.7. The first-order valence-corrected chi connectivity index (χ1v) is 8.53. The molecule has 0 unspecified atom stereocenters. The van der Waals surface area contributed by atoms with Crippen molar-refractivity contribution in [3.8, 4) is 0 Å². The number of benzene rings is 3. The van der Waals surface area contributed by atoms with E-state index in [9.17, 15) is 13.4 Å². The summed E-state index contributed by atoms with van der Waals surface area (Å²) in [5, 5.41) is 12.0. The van der Waals surface area contributed by atoms with Gasteiger partial charge in [0.1, 0.15) is 0 Å². The highest BCUT2D eigenvalue weighted by Crippen LogP contribution is 2.15. The number of hydrogen-bond donors (Lipinski definition) is 1. The molecule has 0 amide bonds. The molecule has 0 atom stereocenters. The second-order valence-corrected chi connectivity index (χ2v) is 6.89. The summed E-state index contributed by atoms with van der Waals surface area (Å²) in [5.74, 6) is 0. The highest BCUT2D eigenvalue weighted by Gasteiger charge is 2.26. The topological polar surface area (TPSA) is 63.6 Å². The van der Waals surface area contributed by atoms with Crippen LogP contribution in [0.1, 0.15) is 5.56 Å². The van der Waals surface area contributed by atoms with Crippen LogP contribution >= 0.6 is 0 Å². The fourth-order valence-electron chi connectivity index (χ4n) is 2.30. The SMILES string of the molecule is Cc1ccc(S(=O)(=O)OB(O)c2ccc3ccccc3c2)cc1. The molecule has 0 aliphatic carbocycles. The number of hydrogen-bond acceptors (Lipinski definition) is 4. The number of fused-ring (bicyclic) bond motifs is 1. The predicted molar refractivity (Wildman–Crippen MR) is 91.0 cm³/mol. The van der Waals surface area contributed by atoms with Crippen LogP contribution in [0.25, 0.3) is 10.8 Å². The van der Waals surface area contributed by atoms with Crippen molar-refractivity contribution in [2.75, 3.05) is 0 Å². The quantitative estimate of drug-likeness (QED) is 0.747. The Hall–Kier alpha value is -2.15. The van der Waals surface area contributed by atoms with Crippen molar-refractivity contribution in [3.05, 3.63) is 72.3 Å². The van der Waals surface area contributed by atoms with Gasteiger partial charge in [-0.3, -0.25) is 4.10 Å². The van der Waals surface area contributed by atoms with Crippen molar-refractivity contribution in [2.45, 2.75) is 11.8 Å². The van der Waals surface area contributed by atoms with Gasteiger partial charge in [-0.15, -0.1) is 0 Å². The summed E-state index contributed by atoms with van der Waals surface area (Å²) >= 11 is 0. The summed E-state index contributed by atoms with van der Waals surface area (Å²) in [7, 11) is -5.58. The molecule has 0 heterocycles. The third-order valence-corrected chi connectivity index (χ3v) is 4.87. The largest absolute Gasteiger partial charge is 0.507 e. The van der Waals surface area contributed by atoms with Crippen LogP contribution in [-0.4, -0.2) is 20.6 Å². The molecule has 0 saturated heterocycles. The molecular formula is C17H15BO4S. The van der Waals surface area contributed by atoms with E-state index in [0.29, 0.717) is 5.46 Å². The highest BCUT2D eigenvalue weighted by molar-refractivity contribution is 7.87. The molecule has 116 valence electrons. The first-order chi connectivity index (χ1) is 11.0. The molecule has 0 saturated carbocycles. The minimum absolute atomic E-state index is 0.0166. The van der Waals surface area contributed by atoms with Crippen LogP contribution in [0, 0.1) is 6.92 Å². The maximum absolute atomic E-state index is 12.2. The summed E-state index contributed by atoms with van der Waals surface area (Å²) in [5.41, 5.74) is 1.33. The summed E-state index contributed by atoms with van der Waals surface area (Å²) in [4.78, 5) is 0.0166. The van der Waals surface area contributed by atoms with Gasteiger partial charge >= 0.3 is 7.12 Å². The van der Waals surface area contributed by atoms with Crippen molar-refractivity contribution in [1.82, 2.24) is 0 Å². The number of rotatable bonds is 4. The lowest BCUT2D eigenvalue weighted by molar-refractivity contribution is 0.419. The van der Waals surface area contributed by atoms with E-state index in [4.69, 9.17) is 4.10 Å². The predicted octanol–water partition coefficient (Wildman–Crippen LogP) is 2.24. The van der Waals surface area contributed by atoms with Crippen LogP contribution in [0.2, 0.25) is 0 Å². The molecule has 6 heteroatoms. The van der Waals surface area contributed by atoms with Gasteiger partial charge in [0, 0.05) is 0 Å². The van der Waals surface area contributed by atoms with E-state index in [1.54, 1.807) is 24.3 Å². The van der Waals surface area contributed by atoms with Gasteiger partial charge in [0.15, 0.2) is 0 Å². The van der Waals surface area contributed by atoms with Gasteiger partial charge in [0.2, 0.25) is 0 Å². The van der Waals surface area contributed by atoms with Gasteiger partial charge in [0.25, 0.3) is 10.1 Å². The van der Waals surface area contributed by atoms with Crippen molar-refractivity contribution < 1.29 is 17.5 Å². The maximum atomic E-state index is 12.2. The molecule has 4 nitrogen and oxygen atoms in total. The Balaban J connectivity index is 1.87. The summed E-state index contributed by atoms with van der Waals surface area (Å²) in [6, 6.07) is 19.1. The molecule has 1 N–H and O–H groups in total. The molecule has 0 bridgehead atoms. The molecule has 0 spiro atoms. The van der Waals surface area contributed by atoms with Gasteiger partial charge in [-0.05, 0) is 35.3 Å². The van der Waals surface area contributed by atoms with Crippen LogP contribution in [0.15, 0.2) is 71.6 Å². The number of aryl methyl sites for hydroxylation is 1. The molecular weight excluding hydrogens is 311 g/mol. The minimum Gasteiger partial charge on any atom is -0.422 e. The van der Waals surface area contributed by atoms with Crippen molar-refractivity contribution >= 4 is 33.5 Å². The van der Waals surface area contributed by atoms with Crippen molar-refractivity contribution in [1.29, 1.82) is 0 Å². The summed E-state index contributed by atoms with van der Waals surface area (Å²) < 4.78 is 29.3. The van der Waals surface area contributed by atoms with Gasteiger partial charge in [-0.25, -0.2) is 0 Å². The monoisotopic (exact) mass is 326 g/mol. The second-order valence-electron chi connectivity index (χ2n) is 5.32. The van der Waals surface area contributed by atoms with Crippen LogP contribution < -0.4 is 5.46 Å². The van der Waals surface area contributed by atoms with E-state index < -0.39 is 17.2 Å². The van der Waals surface area contributed by atoms with E-state index in [1.165, 1.54) is 12.1 Å². The Bertz CT molecular complexity index is 936. The molecule has 0 fully saturated rings. The second kappa shape index (κ2) is 6.16. The molecule has 0 aliphatic rings. The van der Waals surface area contributed by atoms with Gasteiger partial charge in [-0.2, -0.15) is 8.42 Å². The van der Waals surface area contributed by atoms with Crippen LogP contribution in [-0.2, 0) is 14.2 Å². The zero-order valence-corrected chi connectivity index (χ0v) is 13.3. The van der Waals surface area contributed by atoms with Crippen molar-refractivity contribution in [2.24, 2.45) is 0 Å². The average Bonchev–Trinajstić information content (AvgIpc) is 2.54. The van der Waals surface area contributed by atoms with E-state index in [1.807, 2.05) is 37.3 Å². The third kappa shape index (κ3) is 3.45. The van der Waals surface area contributed by atoms with E-state index >= 15 is 0 Å². The van der Waals surface area contributed by atoms with Crippen molar-refractivity contribution in [3.63, 3.8) is 0 Å². The highest BCUT2D eigenvalue weighted by atomic mass is 32.2. The molecule has 0 aliphatic heterocycles. The summed E-state index contributed by atoms with van der Waals surface area (Å²) in [6.07, 6.45) is 0. The fraction of sp³-hybridized carbons (Fsp3) is 0.0588. The molecule has 3 rings (SSSR count). The summed E-state index contributed by atoms with van der Waals surface area (Å²) in [6.45, 7) is 1.86. The van der Waals surface area contributed by atoms with Gasteiger partial charge in [0.05, 0.1) is 4.90 Å². The van der Waals surface area contributed by atoms with Gasteiger partial charge in [-0.1, -0.05) is 60.2 Å². The minimum atomic E-state index is -4.03. The van der Waals surface area contributed by atoms with E-state index in [-0.39, 0.29) is 4.90 Å². The standard InChI is InChI=1S/C17H15BO4S/c1-13-6-10-17(11-7-13)23(20,21)22-18(19)16-9-8-14-4-2-3-5-15(14)12-16/h2-12,19H,1H3. The normalized spacial score (nSPS) is 11.6. The first-order valence-electron chi connectivity index (χ1n) is 7.12. The molecule has 0 radical (unpaired) electrons. The molecule has 0 aromatic heterocycles. The molecule has 3 aromatic rings. The van der Waals surface area contributed by atoms with Crippen LogP contribution in [0.4, 0.5) is 0 Å². The molecule has 3 aromatic carbocycles. The Morgan fingerprint density at radius 1 is 0.913 bits per heavy atom. The Morgan fingerprint density at radius 2 is 1.57 bits per heavy atom. The van der Waals surface area contributed by atoms with E-state index in [0.717, 1.165) is 16.3 Å². The van der Waals surface area contributed by atoms with Crippen LogP contribution in [0.3, 0.4) is 0 Å².